The van der Waals surface area contributed by atoms with E-state index in [0.29, 0.717) is 18.4 Å². The molecule has 4 nitrogen and oxygen atoms in total. The molecule has 0 fully saturated rings. The summed E-state index contributed by atoms with van der Waals surface area (Å²) in [5, 5.41) is 8.65. The first-order valence-electron chi connectivity index (χ1n) is 6.73. The minimum absolute atomic E-state index is 0.0772. The van der Waals surface area contributed by atoms with Gasteiger partial charge in [-0.3, -0.25) is 0 Å². The van der Waals surface area contributed by atoms with Gasteiger partial charge in [-0.05, 0) is 43.4 Å². The number of aryl methyl sites for hydroxylation is 1. The Morgan fingerprint density at radius 2 is 2.15 bits per heavy atom. The van der Waals surface area contributed by atoms with Crippen LogP contribution in [-0.2, 0) is 16.3 Å². The summed E-state index contributed by atoms with van der Waals surface area (Å²) in [6.45, 7) is 1.85. The van der Waals surface area contributed by atoms with Gasteiger partial charge >= 0.3 is 5.97 Å². The standard InChI is InChI=1S/C15H18O4S/c1-2-11-8-9-13(10-14(11)15(16)17)20(18,19)12-6-4-3-5-7-12/h4,6,8-10,12H,2-3,5,7H2,1H3,(H,16,17). The van der Waals surface area contributed by atoms with E-state index in [1.165, 1.54) is 12.1 Å². The predicted octanol–water partition coefficient (Wildman–Crippen LogP) is 2.83. The minimum atomic E-state index is -3.49. The van der Waals surface area contributed by atoms with Crippen molar-refractivity contribution in [2.45, 2.75) is 42.8 Å². The summed E-state index contributed by atoms with van der Waals surface area (Å²) >= 11 is 0. The lowest BCUT2D eigenvalue weighted by atomic mass is 10.1. The molecule has 0 saturated heterocycles. The number of rotatable bonds is 4. The number of carboxylic acid groups (broad SMARTS) is 1. The average molecular weight is 294 g/mol. The van der Waals surface area contributed by atoms with Gasteiger partial charge in [-0.2, -0.15) is 0 Å². The molecule has 1 N–H and O–H groups in total. The topological polar surface area (TPSA) is 71.4 Å². The fraction of sp³-hybridized carbons (Fsp3) is 0.400. The van der Waals surface area contributed by atoms with Crippen LogP contribution in [0.4, 0.5) is 0 Å². The normalized spacial score (nSPS) is 18.9. The van der Waals surface area contributed by atoms with Gasteiger partial charge in [-0.15, -0.1) is 0 Å². The van der Waals surface area contributed by atoms with Gasteiger partial charge < -0.3 is 5.11 Å². The largest absolute Gasteiger partial charge is 0.478 e. The highest BCUT2D eigenvalue weighted by atomic mass is 32.2. The van der Waals surface area contributed by atoms with Gasteiger partial charge in [-0.1, -0.05) is 25.1 Å². The third-order valence-corrected chi connectivity index (χ3v) is 5.73. The Kier molecular flexibility index (Phi) is 4.28. The zero-order valence-corrected chi connectivity index (χ0v) is 12.2. The van der Waals surface area contributed by atoms with E-state index in [1.807, 2.05) is 13.0 Å². The molecule has 0 heterocycles. The number of sulfone groups is 1. The maximum absolute atomic E-state index is 12.5. The molecule has 5 heteroatoms. The van der Waals surface area contributed by atoms with Crippen LogP contribution in [0, 0.1) is 0 Å². The van der Waals surface area contributed by atoms with Gasteiger partial charge in [0.25, 0.3) is 0 Å². The number of hydrogen-bond acceptors (Lipinski definition) is 3. The lowest BCUT2D eigenvalue weighted by Crippen LogP contribution is -2.21. The molecule has 0 radical (unpaired) electrons. The summed E-state index contributed by atoms with van der Waals surface area (Å²) in [5.41, 5.74) is 0.726. The maximum Gasteiger partial charge on any atom is 0.336 e. The number of benzene rings is 1. The second kappa shape index (κ2) is 5.79. The second-order valence-corrected chi connectivity index (χ2v) is 7.09. The molecule has 1 aliphatic rings. The number of aromatic carboxylic acids is 1. The van der Waals surface area contributed by atoms with Crippen molar-refractivity contribution in [1.82, 2.24) is 0 Å². The Balaban J connectivity index is 2.47. The molecule has 108 valence electrons. The molecule has 2 rings (SSSR count). The van der Waals surface area contributed by atoms with Gasteiger partial charge in [0, 0.05) is 0 Å². The lowest BCUT2D eigenvalue weighted by molar-refractivity contribution is 0.0695. The molecule has 20 heavy (non-hydrogen) atoms. The van der Waals surface area contributed by atoms with Crippen LogP contribution in [0.15, 0.2) is 35.2 Å². The van der Waals surface area contributed by atoms with E-state index in [4.69, 9.17) is 0 Å². The minimum Gasteiger partial charge on any atom is -0.478 e. The Hall–Kier alpha value is -1.62. The molecule has 1 aromatic rings. The van der Waals surface area contributed by atoms with Crippen molar-refractivity contribution in [3.63, 3.8) is 0 Å². The molecule has 0 saturated carbocycles. The molecule has 1 aromatic carbocycles. The molecular weight excluding hydrogens is 276 g/mol. The van der Waals surface area contributed by atoms with Crippen LogP contribution in [0.5, 0.6) is 0 Å². The van der Waals surface area contributed by atoms with Crippen molar-refractivity contribution < 1.29 is 18.3 Å². The van der Waals surface area contributed by atoms with E-state index < -0.39 is 21.1 Å². The number of carboxylic acids is 1. The van der Waals surface area contributed by atoms with E-state index in [2.05, 4.69) is 0 Å². The Morgan fingerprint density at radius 3 is 2.70 bits per heavy atom. The van der Waals surface area contributed by atoms with Gasteiger partial charge in [0.2, 0.25) is 0 Å². The summed E-state index contributed by atoms with van der Waals surface area (Å²) in [7, 11) is -3.49. The summed E-state index contributed by atoms with van der Waals surface area (Å²) in [6.07, 6.45) is 6.50. The molecule has 0 aromatic heterocycles. The monoisotopic (exact) mass is 294 g/mol. The van der Waals surface area contributed by atoms with Crippen molar-refractivity contribution in [2.75, 3.05) is 0 Å². The SMILES string of the molecule is CCc1ccc(S(=O)(=O)C2C=CCCC2)cc1C(=O)O. The Morgan fingerprint density at radius 1 is 1.40 bits per heavy atom. The maximum atomic E-state index is 12.5. The fourth-order valence-electron chi connectivity index (χ4n) is 2.45. The third kappa shape index (κ3) is 2.77. The van der Waals surface area contributed by atoms with Crippen LogP contribution < -0.4 is 0 Å². The molecule has 1 aliphatic carbocycles. The van der Waals surface area contributed by atoms with Crippen LogP contribution in [0.1, 0.15) is 42.1 Å². The number of hydrogen-bond donors (Lipinski definition) is 1. The van der Waals surface area contributed by atoms with Gasteiger partial charge in [-0.25, -0.2) is 13.2 Å². The van der Waals surface area contributed by atoms with E-state index in [0.717, 1.165) is 12.8 Å². The molecule has 1 unspecified atom stereocenters. The zero-order chi connectivity index (χ0) is 14.8. The summed E-state index contributed by atoms with van der Waals surface area (Å²) in [6, 6.07) is 4.41. The first-order valence-corrected chi connectivity index (χ1v) is 8.28. The highest BCUT2D eigenvalue weighted by Crippen LogP contribution is 2.26. The molecule has 0 spiro atoms. The smallest absolute Gasteiger partial charge is 0.336 e. The van der Waals surface area contributed by atoms with E-state index in [1.54, 1.807) is 12.1 Å². The van der Waals surface area contributed by atoms with Crippen molar-refractivity contribution in [1.29, 1.82) is 0 Å². The quantitative estimate of drug-likeness (QED) is 0.867. The molecular formula is C15H18O4S. The van der Waals surface area contributed by atoms with Crippen LogP contribution in [0.3, 0.4) is 0 Å². The molecule has 0 bridgehead atoms. The molecule has 0 aliphatic heterocycles. The van der Waals surface area contributed by atoms with Crippen molar-refractivity contribution in [3.8, 4) is 0 Å². The van der Waals surface area contributed by atoms with Crippen LogP contribution >= 0.6 is 0 Å². The summed E-state index contributed by atoms with van der Waals surface area (Å²) < 4.78 is 25.0. The van der Waals surface area contributed by atoms with Crippen molar-refractivity contribution in [2.24, 2.45) is 0 Å². The highest BCUT2D eigenvalue weighted by molar-refractivity contribution is 7.92. The van der Waals surface area contributed by atoms with Crippen LogP contribution in [-0.4, -0.2) is 24.7 Å². The zero-order valence-electron chi connectivity index (χ0n) is 11.4. The van der Waals surface area contributed by atoms with Gasteiger partial charge in [0.1, 0.15) is 0 Å². The fourth-order valence-corrected chi connectivity index (χ4v) is 4.14. The average Bonchev–Trinajstić information content (AvgIpc) is 2.47. The van der Waals surface area contributed by atoms with Crippen LogP contribution in [0.2, 0.25) is 0 Å². The Labute approximate surface area is 119 Å². The van der Waals surface area contributed by atoms with E-state index in [9.17, 15) is 18.3 Å². The molecule has 0 amide bonds. The summed E-state index contributed by atoms with van der Waals surface area (Å²) in [5.74, 6) is -1.09. The predicted molar refractivity (Wildman–Crippen MR) is 76.7 cm³/mol. The van der Waals surface area contributed by atoms with Gasteiger partial charge in [0.15, 0.2) is 9.84 Å². The highest BCUT2D eigenvalue weighted by Gasteiger charge is 2.27. The van der Waals surface area contributed by atoms with Crippen molar-refractivity contribution in [3.05, 3.63) is 41.5 Å². The van der Waals surface area contributed by atoms with E-state index in [-0.39, 0.29) is 10.5 Å². The van der Waals surface area contributed by atoms with E-state index >= 15 is 0 Å². The van der Waals surface area contributed by atoms with Crippen molar-refractivity contribution >= 4 is 15.8 Å². The number of allylic oxidation sites excluding steroid dienone is 1. The van der Waals surface area contributed by atoms with Gasteiger partial charge in [0.05, 0.1) is 15.7 Å². The first-order chi connectivity index (χ1) is 9.46. The van der Waals surface area contributed by atoms with Crippen LogP contribution in [0.25, 0.3) is 0 Å². The summed E-state index contributed by atoms with van der Waals surface area (Å²) in [4.78, 5) is 11.3. The Bertz CT molecular complexity index is 644. The second-order valence-electron chi connectivity index (χ2n) is 4.92. The number of carbonyl (C=O) groups is 1. The third-order valence-electron chi connectivity index (χ3n) is 3.63. The first kappa shape index (κ1) is 14.8. The lowest BCUT2D eigenvalue weighted by Gasteiger charge is -2.17. The molecule has 1 atom stereocenters.